The molecule has 0 saturated carbocycles. The fourth-order valence-corrected chi connectivity index (χ4v) is 2.63. The Kier molecular flexibility index (Phi) is 5.47. The van der Waals surface area contributed by atoms with Crippen LogP contribution in [0.1, 0.15) is 18.0 Å². The van der Waals surface area contributed by atoms with Gasteiger partial charge in [0.15, 0.2) is 0 Å². The summed E-state index contributed by atoms with van der Waals surface area (Å²) in [5.41, 5.74) is 0.251. The van der Waals surface area contributed by atoms with Gasteiger partial charge in [0.1, 0.15) is 11.5 Å². The number of piperazine rings is 1. The van der Waals surface area contributed by atoms with Crippen LogP contribution >= 0.6 is 0 Å². The Bertz CT molecular complexity index is 490. The summed E-state index contributed by atoms with van der Waals surface area (Å²) in [7, 11) is 0. The largest absolute Gasteiger partial charge is 0.573 e. The van der Waals surface area contributed by atoms with Crippen LogP contribution in [-0.4, -0.2) is 49.2 Å². The lowest BCUT2D eigenvalue weighted by atomic mass is 10.00. The summed E-state index contributed by atoms with van der Waals surface area (Å²) in [4.78, 5) is 1.95. The third kappa shape index (κ3) is 4.48. The highest BCUT2D eigenvalue weighted by atomic mass is 19.4. The van der Waals surface area contributed by atoms with Crippen molar-refractivity contribution in [2.75, 3.05) is 32.9 Å². The molecule has 0 aromatic heterocycles. The molecule has 22 heavy (non-hydrogen) atoms. The van der Waals surface area contributed by atoms with Crippen molar-refractivity contribution in [2.24, 2.45) is 0 Å². The summed E-state index contributed by atoms with van der Waals surface area (Å²) in [5.74, 6) is -0.578. The van der Waals surface area contributed by atoms with Crippen molar-refractivity contribution in [3.63, 3.8) is 0 Å². The lowest BCUT2D eigenvalue weighted by Gasteiger charge is -2.35. The van der Waals surface area contributed by atoms with Gasteiger partial charge in [0.05, 0.1) is 6.67 Å². The third-order valence-corrected chi connectivity index (χ3v) is 3.57. The van der Waals surface area contributed by atoms with Gasteiger partial charge in [0.25, 0.3) is 0 Å². The van der Waals surface area contributed by atoms with Crippen LogP contribution in [0.5, 0.6) is 11.5 Å². The van der Waals surface area contributed by atoms with Crippen LogP contribution in [-0.2, 0) is 0 Å². The van der Waals surface area contributed by atoms with Crippen molar-refractivity contribution in [3.8, 4) is 11.5 Å². The van der Waals surface area contributed by atoms with Crippen molar-refractivity contribution >= 4 is 0 Å². The van der Waals surface area contributed by atoms with Crippen LogP contribution in [0.25, 0.3) is 0 Å². The van der Waals surface area contributed by atoms with Gasteiger partial charge in [-0.15, -0.1) is 13.2 Å². The molecule has 0 spiro atoms. The molecule has 1 heterocycles. The SMILES string of the molecule is Oc1ccc(OC(F)(F)F)cc1[C@H](CCF)N1CCNCC1. The molecule has 0 unspecified atom stereocenters. The Morgan fingerprint density at radius 3 is 2.55 bits per heavy atom. The van der Waals surface area contributed by atoms with E-state index in [1.54, 1.807) is 0 Å². The van der Waals surface area contributed by atoms with E-state index in [4.69, 9.17) is 0 Å². The Labute approximate surface area is 125 Å². The molecule has 1 aromatic rings. The van der Waals surface area contributed by atoms with E-state index in [0.717, 1.165) is 18.2 Å². The standard InChI is InChI=1S/C14H18F4N2O2/c15-4-3-12(20-7-5-19-6-8-20)11-9-10(1-2-13(11)21)22-14(16,17)18/h1-2,9,12,19,21H,3-8H2/t12-/m0/s1. The molecule has 2 N–H and O–H groups in total. The number of nitrogens with one attached hydrogen (secondary N) is 1. The van der Waals surface area contributed by atoms with Crippen LogP contribution in [0.2, 0.25) is 0 Å². The Morgan fingerprint density at radius 2 is 1.95 bits per heavy atom. The number of nitrogens with zero attached hydrogens (tertiary/aromatic N) is 1. The molecule has 1 aromatic carbocycles. The zero-order valence-electron chi connectivity index (χ0n) is 11.9. The summed E-state index contributed by atoms with van der Waals surface area (Å²) >= 11 is 0. The van der Waals surface area contributed by atoms with E-state index in [0.29, 0.717) is 26.2 Å². The fourth-order valence-electron chi connectivity index (χ4n) is 2.63. The smallest absolute Gasteiger partial charge is 0.508 e. The molecule has 0 bridgehead atoms. The second kappa shape index (κ2) is 7.15. The molecule has 1 saturated heterocycles. The maximum absolute atomic E-state index is 12.9. The molecule has 124 valence electrons. The number of benzene rings is 1. The minimum atomic E-state index is -4.81. The fraction of sp³-hybridized carbons (Fsp3) is 0.571. The Hall–Kier alpha value is -1.54. The highest BCUT2D eigenvalue weighted by molar-refractivity contribution is 5.41. The van der Waals surface area contributed by atoms with E-state index >= 15 is 0 Å². The lowest BCUT2D eigenvalue weighted by molar-refractivity contribution is -0.274. The molecule has 1 aliphatic heterocycles. The Morgan fingerprint density at radius 1 is 1.27 bits per heavy atom. The average Bonchev–Trinajstić information content (AvgIpc) is 2.46. The number of hydrogen-bond donors (Lipinski definition) is 2. The summed E-state index contributed by atoms with van der Waals surface area (Å²) in [6.45, 7) is 2.06. The second-order valence-electron chi connectivity index (χ2n) is 5.05. The predicted octanol–water partition coefficient (Wildman–Crippen LogP) is 2.60. The maximum Gasteiger partial charge on any atom is 0.573 e. The van der Waals surface area contributed by atoms with Crippen molar-refractivity contribution in [1.29, 1.82) is 0 Å². The quantitative estimate of drug-likeness (QED) is 0.818. The molecule has 2 rings (SSSR count). The number of hydrogen-bond acceptors (Lipinski definition) is 4. The number of aromatic hydroxyl groups is 1. The number of phenolic OH excluding ortho intramolecular Hbond substituents is 1. The highest BCUT2D eigenvalue weighted by Gasteiger charge is 2.32. The number of ether oxygens (including phenoxy) is 1. The molecule has 8 heteroatoms. The van der Waals surface area contributed by atoms with Crippen LogP contribution in [0.3, 0.4) is 0 Å². The number of alkyl halides is 4. The topological polar surface area (TPSA) is 44.7 Å². The summed E-state index contributed by atoms with van der Waals surface area (Å²) < 4.78 is 53.7. The third-order valence-electron chi connectivity index (χ3n) is 3.57. The van der Waals surface area contributed by atoms with Crippen molar-refractivity contribution in [1.82, 2.24) is 10.2 Å². The van der Waals surface area contributed by atoms with E-state index in [-0.39, 0.29) is 17.7 Å². The minimum absolute atomic E-state index is 0.100. The predicted molar refractivity (Wildman–Crippen MR) is 72.6 cm³/mol. The molecular formula is C14H18F4N2O2. The average molecular weight is 322 g/mol. The van der Waals surface area contributed by atoms with Crippen molar-refractivity contribution in [3.05, 3.63) is 23.8 Å². The molecule has 0 aliphatic carbocycles. The first-order valence-electron chi connectivity index (χ1n) is 7.00. The van der Waals surface area contributed by atoms with E-state index in [1.807, 2.05) is 4.90 Å². The van der Waals surface area contributed by atoms with Gasteiger partial charge in [-0.25, -0.2) is 0 Å². The van der Waals surface area contributed by atoms with Crippen molar-refractivity contribution < 1.29 is 27.4 Å². The molecule has 1 aliphatic rings. The van der Waals surface area contributed by atoms with Gasteiger partial charge in [0.2, 0.25) is 0 Å². The van der Waals surface area contributed by atoms with E-state index in [9.17, 15) is 22.7 Å². The van der Waals surface area contributed by atoms with Crippen LogP contribution in [0, 0.1) is 0 Å². The van der Waals surface area contributed by atoms with Crippen LogP contribution < -0.4 is 10.1 Å². The summed E-state index contributed by atoms with van der Waals surface area (Å²) in [6, 6.07) is 2.83. The number of rotatable bonds is 5. The molecule has 4 nitrogen and oxygen atoms in total. The summed E-state index contributed by atoms with van der Waals surface area (Å²) in [6.07, 6.45) is -4.71. The lowest BCUT2D eigenvalue weighted by Crippen LogP contribution is -2.45. The number of phenols is 1. The van der Waals surface area contributed by atoms with Gasteiger partial charge in [-0.3, -0.25) is 9.29 Å². The summed E-state index contributed by atoms with van der Waals surface area (Å²) in [5, 5.41) is 13.1. The first kappa shape index (κ1) is 16.8. The molecule has 0 radical (unpaired) electrons. The second-order valence-corrected chi connectivity index (χ2v) is 5.05. The van der Waals surface area contributed by atoms with E-state index in [1.165, 1.54) is 0 Å². The van der Waals surface area contributed by atoms with Gasteiger partial charge in [-0.1, -0.05) is 0 Å². The minimum Gasteiger partial charge on any atom is -0.508 e. The van der Waals surface area contributed by atoms with Gasteiger partial charge in [-0.2, -0.15) is 0 Å². The molecular weight excluding hydrogens is 304 g/mol. The monoisotopic (exact) mass is 322 g/mol. The maximum atomic E-state index is 12.9. The first-order chi connectivity index (χ1) is 10.4. The van der Waals surface area contributed by atoms with E-state index in [2.05, 4.69) is 10.1 Å². The Balaban J connectivity index is 2.27. The number of halogens is 4. The van der Waals surface area contributed by atoms with Gasteiger partial charge in [0, 0.05) is 37.8 Å². The van der Waals surface area contributed by atoms with Gasteiger partial charge in [-0.05, 0) is 24.6 Å². The first-order valence-corrected chi connectivity index (χ1v) is 7.00. The highest BCUT2D eigenvalue weighted by Crippen LogP contribution is 2.35. The van der Waals surface area contributed by atoms with Gasteiger partial charge < -0.3 is 15.2 Å². The molecule has 1 fully saturated rings. The normalized spacial score (nSPS) is 18.2. The van der Waals surface area contributed by atoms with Crippen molar-refractivity contribution in [2.45, 2.75) is 18.8 Å². The van der Waals surface area contributed by atoms with Gasteiger partial charge >= 0.3 is 6.36 Å². The van der Waals surface area contributed by atoms with E-state index < -0.39 is 24.8 Å². The van der Waals surface area contributed by atoms with Crippen LogP contribution in [0.15, 0.2) is 18.2 Å². The zero-order valence-corrected chi connectivity index (χ0v) is 11.9. The molecule has 1 atom stereocenters. The van der Waals surface area contributed by atoms with Crippen LogP contribution in [0.4, 0.5) is 17.6 Å². The zero-order chi connectivity index (χ0) is 16.2. The molecule has 0 amide bonds.